The van der Waals surface area contributed by atoms with Crippen LogP contribution in [-0.2, 0) is 15.6 Å². The van der Waals surface area contributed by atoms with Crippen LogP contribution in [-0.4, -0.2) is 81.2 Å². The van der Waals surface area contributed by atoms with E-state index in [0.29, 0.717) is 56.7 Å². The maximum absolute atomic E-state index is 11.6. The van der Waals surface area contributed by atoms with E-state index >= 15 is 0 Å². The molecule has 0 saturated carbocycles. The second kappa shape index (κ2) is 7.17. The number of carbonyl (C=O) groups is 1. The maximum Gasteiger partial charge on any atom is 0.353 e. The van der Waals surface area contributed by atoms with Crippen molar-refractivity contribution in [3.05, 3.63) is 10.1 Å². The lowest BCUT2D eigenvalue weighted by atomic mass is 10.3. The van der Waals surface area contributed by atoms with E-state index in [1.165, 1.54) is 0 Å². The Labute approximate surface area is 146 Å². The summed E-state index contributed by atoms with van der Waals surface area (Å²) in [5.74, 6) is 1.18. The van der Waals surface area contributed by atoms with Gasteiger partial charge in [-0.15, -0.1) is 0 Å². The highest BCUT2D eigenvalue weighted by Gasteiger charge is 2.31. The van der Waals surface area contributed by atoms with Gasteiger partial charge in [0.2, 0.25) is 24.0 Å². The lowest BCUT2D eigenvalue weighted by molar-refractivity contribution is -0.383. The molecule has 2 saturated heterocycles. The molecule has 1 aromatic rings. The minimum atomic E-state index is -0.907. The number of piperazine rings is 1. The zero-order valence-electron chi connectivity index (χ0n) is 13.5. The van der Waals surface area contributed by atoms with E-state index < -0.39 is 15.7 Å². The Morgan fingerprint density at radius 3 is 2.28 bits per heavy atom. The largest absolute Gasteiger partial charge is 0.378 e. The lowest BCUT2D eigenvalue weighted by Gasteiger charge is -2.33. The van der Waals surface area contributed by atoms with Gasteiger partial charge < -0.3 is 20.4 Å². The zero-order chi connectivity index (χ0) is 18.0. The van der Waals surface area contributed by atoms with E-state index in [1.54, 1.807) is 9.80 Å². The van der Waals surface area contributed by atoms with E-state index in [9.17, 15) is 19.1 Å². The van der Waals surface area contributed by atoms with Crippen molar-refractivity contribution in [1.82, 2.24) is 14.9 Å². The number of anilines is 3. The molecule has 1 aromatic heterocycles. The Bertz CT molecular complexity index is 698. The summed E-state index contributed by atoms with van der Waals surface area (Å²) in [5, 5.41) is 11.4. The van der Waals surface area contributed by atoms with E-state index in [4.69, 9.17) is 5.73 Å². The molecule has 12 heteroatoms. The van der Waals surface area contributed by atoms with E-state index in [0.717, 1.165) is 6.41 Å². The number of hydrogen-bond donors (Lipinski definition) is 1. The van der Waals surface area contributed by atoms with Gasteiger partial charge in [0.15, 0.2) is 0 Å². The quantitative estimate of drug-likeness (QED) is 0.394. The summed E-state index contributed by atoms with van der Waals surface area (Å²) in [6, 6.07) is 0. The standard InChI is InChI=1S/C13H19N7O4S/c14-11-10(20(22)23)12(18-5-7-25(24)8-6-18)16-13(15-11)19-3-1-17(9-21)2-4-19/h9H,1-8H2,(H2,14,15,16). The molecule has 2 N–H and O–H groups in total. The summed E-state index contributed by atoms with van der Waals surface area (Å²) in [6.07, 6.45) is 0.793. The molecule has 2 fully saturated rings. The van der Waals surface area contributed by atoms with Crippen LogP contribution in [0.1, 0.15) is 0 Å². The second-order valence-corrected chi connectivity index (χ2v) is 7.50. The summed E-state index contributed by atoms with van der Waals surface area (Å²) in [5.41, 5.74) is 5.53. The van der Waals surface area contributed by atoms with Crippen LogP contribution in [0.25, 0.3) is 0 Å². The van der Waals surface area contributed by atoms with Crippen molar-refractivity contribution >= 4 is 40.5 Å². The molecule has 136 valence electrons. The van der Waals surface area contributed by atoms with E-state index in [1.807, 2.05) is 4.90 Å². The van der Waals surface area contributed by atoms with Crippen molar-refractivity contribution in [2.24, 2.45) is 0 Å². The molecule has 2 aliphatic heterocycles. The van der Waals surface area contributed by atoms with Crippen molar-refractivity contribution in [2.75, 3.05) is 66.3 Å². The van der Waals surface area contributed by atoms with Gasteiger partial charge in [-0.1, -0.05) is 0 Å². The molecule has 0 spiro atoms. The normalized spacial score (nSPS) is 19.1. The van der Waals surface area contributed by atoms with Crippen LogP contribution >= 0.6 is 0 Å². The first-order chi connectivity index (χ1) is 12.0. The average molecular weight is 369 g/mol. The minimum absolute atomic E-state index is 0.169. The monoisotopic (exact) mass is 369 g/mol. The Morgan fingerprint density at radius 1 is 1.08 bits per heavy atom. The van der Waals surface area contributed by atoms with Crippen LogP contribution in [0.3, 0.4) is 0 Å². The van der Waals surface area contributed by atoms with Crippen LogP contribution < -0.4 is 15.5 Å². The summed E-state index contributed by atoms with van der Waals surface area (Å²) in [4.78, 5) is 35.4. The number of nitrogens with zero attached hydrogens (tertiary/aromatic N) is 6. The number of aromatic nitrogens is 2. The van der Waals surface area contributed by atoms with Crippen molar-refractivity contribution in [1.29, 1.82) is 0 Å². The van der Waals surface area contributed by atoms with Gasteiger partial charge in [-0.2, -0.15) is 9.97 Å². The Kier molecular flexibility index (Phi) is 4.97. The average Bonchev–Trinajstić information content (AvgIpc) is 2.61. The first-order valence-electron chi connectivity index (χ1n) is 7.85. The second-order valence-electron chi connectivity index (χ2n) is 5.80. The van der Waals surface area contributed by atoms with Crippen molar-refractivity contribution in [2.45, 2.75) is 0 Å². The Hall–Kier alpha value is -2.50. The summed E-state index contributed by atoms with van der Waals surface area (Å²) < 4.78 is 11.6. The topological polar surface area (TPSA) is 139 Å². The summed E-state index contributed by atoms with van der Waals surface area (Å²) >= 11 is 0. The van der Waals surface area contributed by atoms with Gasteiger partial charge in [0.1, 0.15) is 0 Å². The molecule has 25 heavy (non-hydrogen) atoms. The summed E-state index contributed by atoms with van der Waals surface area (Å²) in [7, 11) is -0.907. The lowest BCUT2D eigenvalue weighted by Crippen LogP contribution is -2.46. The molecule has 0 unspecified atom stereocenters. The van der Waals surface area contributed by atoms with Crippen LogP contribution in [0.2, 0.25) is 0 Å². The maximum atomic E-state index is 11.6. The molecule has 11 nitrogen and oxygen atoms in total. The number of nitro groups is 1. The molecule has 0 aromatic carbocycles. The fraction of sp³-hybridized carbons (Fsp3) is 0.615. The zero-order valence-corrected chi connectivity index (χ0v) is 14.4. The predicted molar refractivity (Wildman–Crippen MR) is 93.0 cm³/mol. The Balaban J connectivity index is 1.92. The molecule has 1 amide bonds. The van der Waals surface area contributed by atoms with Gasteiger partial charge in [0.05, 0.1) is 4.92 Å². The van der Waals surface area contributed by atoms with Gasteiger partial charge in [0.25, 0.3) is 0 Å². The fourth-order valence-corrected chi connectivity index (χ4v) is 3.91. The van der Waals surface area contributed by atoms with E-state index in [-0.39, 0.29) is 17.3 Å². The predicted octanol–water partition coefficient (Wildman–Crippen LogP) is -1.19. The highest BCUT2D eigenvalue weighted by atomic mass is 32.2. The summed E-state index contributed by atoms with van der Waals surface area (Å²) in [6.45, 7) is 2.95. The first kappa shape index (κ1) is 17.3. The molecular formula is C13H19N7O4S. The van der Waals surface area contributed by atoms with Crippen LogP contribution in [0, 0.1) is 10.1 Å². The molecule has 0 atom stereocenters. The molecule has 3 rings (SSSR count). The van der Waals surface area contributed by atoms with Crippen molar-refractivity contribution in [3.8, 4) is 0 Å². The molecule has 0 radical (unpaired) electrons. The molecule has 2 aliphatic rings. The molecule has 3 heterocycles. The van der Waals surface area contributed by atoms with Gasteiger partial charge in [-0.25, -0.2) is 0 Å². The Morgan fingerprint density at radius 2 is 1.72 bits per heavy atom. The fourth-order valence-electron chi connectivity index (χ4n) is 2.86. The highest BCUT2D eigenvalue weighted by molar-refractivity contribution is 7.85. The van der Waals surface area contributed by atoms with Crippen LogP contribution in [0.4, 0.5) is 23.3 Å². The van der Waals surface area contributed by atoms with Gasteiger partial charge >= 0.3 is 5.69 Å². The third-order valence-electron chi connectivity index (χ3n) is 4.29. The SMILES string of the molecule is Nc1nc(N2CCN(C=O)CC2)nc(N2CCS(=O)CC2)c1[N+](=O)[O-]. The third kappa shape index (κ3) is 3.62. The molecular weight excluding hydrogens is 350 g/mol. The number of amides is 1. The number of nitrogen functional groups attached to an aromatic ring is 1. The van der Waals surface area contributed by atoms with Crippen LogP contribution in [0.15, 0.2) is 0 Å². The minimum Gasteiger partial charge on any atom is -0.378 e. The third-order valence-corrected chi connectivity index (χ3v) is 5.56. The van der Waals surface area contributed by atoms with Gasteiger partial charge in [0, 0.05) is 61.6 Å². The van der Waals surface area contributed by atoms with Gasteiger partial charge in [-0.05, 0) is 0 Å². The smallest absolute Gasteiger partial charge is 0.353 e. The molecule has 0 aliphatic carbocycles. The molecule has 0 bridgehead atoms. The van der Waals surface area contributed by atoms with Gasteiger partial charge in [-0.3, -0.25) is 19.1 Å². The highest BCUT2D eigenvalue weighted by Crippen LogP contribution is 2.33. The number of carbonyl (C=O) groups excluding carboxylic acids is 1. The number of nitrogens with two attached hydrogens (primary N) is 1. The van der Waals surface area contributed by atoms with Crippen molar-refractivity contribution in [3.63, 3.8) is 0 Å². The first-order valence-corrected chi connectivity index (χ1v) is 9.34. The number of hydrogen-bond acceptors (Lipinski definition) is 9. The van der Waals surface area contributed by atoms with Crippen molar-refractivity contribution < 1.29 is 13.9 Å². The van der Waals surface area contributed by atoms with Crippen LogP contribution in [0.5, 0.6) is 0 Å². The number of rotatable bonds is 4. The van der Waals surface area contributed by atoms with E-state index in [2.05, 4.69) is 9.97 Å².